The Morgan fingerprint density at radius 3 is 2.27 bits per heavy atom. The largest absolute Gasteiger partial charge is 0.309 e. The lowest BCUT2D eigenvalue weighted by atomic mass is 10.1. The minimum absolute atomic E-state index is 0.0784. The molecule has 0 atom stereocenters. The first-order valence-corrected chi connectivity index (χ1v) is 10.7. The van der Waals surface area contributed by atoms with Crippen LogP contribution in [0.3, 0.4) is 0 Å². The van der Waals surface area contributed by atoms with E-state index >= 15 is 0 Å². The maximum atomic E-state index is 13.3. The molecule has 6 rings (SSSR count). The van der Waals surface area contributed by atoms with Gasteiger partial charge >= 0.3 is 0 Å². The molecule has 0 aliphatic rings. The summed E-state index contributed by atoms with van der Waals surface area (Å²) in [6, 6.07) is 34.9. The number of hydrogen-bond donors (Lipinski definition) is 0. The number of carbonyl (C=O) groups is 1. The second-order valence-electron chi connectivity index (χ2n) is 7.40. The predicted molar refractivity (Wildman–Crippen MR) is 126 cm³/mol. The van der Waals surface area contributed by atoms with E-state index in [4.69, 9.17) is 0 Å². The van der Waals surface area contributed by atoms with Gasteiger partial charge in [0, 0.05) is 26.7 Å². The van der Waals surface area contributed by atoms with Gasteiger partial charge in [-0.15, -0.1) is 11.3 Å². The minimum Gasteiger partial charge on any atom is -0.309 e. The number of nitrogens with zero attached hydrogens (tertiary/aromatic N) is 1. The number of benzene rings is 4. The average molecular weight is 404 g/mol. The lowest BCUT2D eigenvalue weighted by Gasteiger charge is -2.07. The number of carbonyl (C=O) groups excluding carboxylic acids is 1. The van der Waals surface area contributed by atoms with Crippen molar-refractivity contribution in [2.24, 2.45) is 0 Å². The van der Waals surface area contributed by atoms with Crippen molar-refractivity contribution in [2.45, 2.75) is 0 Å². The molecule has 0 bridgehead atoms. The zero-order valence-corrected chi connectivity index (χ0v) is 16.9. The topological polar surface area (TPSA) is 22.0 Å². The van der Waals surface area contributed by atoms with Crippen LogP contribution in [0.5, 0.6) is 0 Å². The van der Waals surface area contributed by atoms with Gasteiger partial charge in [0.05, 0.1) is 15.9 Å². The van der Waals surface area contributed by atoms with Crippen molar-refractivity contribution in [1.29, 1.82) is 0 Å². The van der Waals surface area contributed by atoms with Crippen molar-refractivity contribution in [1.82, 2.24) is 4.57 Å². The van der Waals surface area contributed by atoms with Crippen molar-refractivity contribution < 1.29 is 4.79 Å². The van der Waals surface area contributed by atoms with E-state index in [9.17, 15) is 4.79 Å². The highest BCUT2D eigenvalue weighted by Crippen LogP contribution is 2.34. The molecule has 0 aliphatic heterocycles. The van der Waals surface area contributed by atoms with Gasteiger partial charge in [-0.1, -0.05) is 54.6 Å². The van der Waals surface area contributed by atoms with E-state index in [0.717, 1.165) is 48.0 Å². The lowest BCUT2D eigenvalue weighted by Crippen LogP contribution is -1.98. The Hall–Kier alpha value is -3.69. The second-order valence-corrected chi connectivity index (χ2v) is 8.48. The number of aromatic nitrogens is 1. The van der Waals surface area contributed by atoms with Gasteiger partial charge in [0.1, 0.15) is 0 Å². The van der Waals surface area contributed by atoms with Gasteiger partial charge in [-0.3, -0.25) is 4.79 Å². The fraction of sp³-hybridized carbons (Fsp3) is 0. The Bertz CT molecular complexity index is 1520. The van der Waals surface area contributed by atoms with Gasteiger partial charge in [0.2, 0.25) is 5.78 Å². The zero-order valence-electron chi connectivity index (χ0n) is 16.1. The van der Waals surface area contributed by atoms with Gasteiger partial charge in [-0.2, -0.15) is 0 Å². The van der Waals surface area contributed by atoms with E-state index in [-0.39, 0.29) is 5.78 Å². The quantitative estimate of drug-likeness (QED) is 0.286. The van der Waals surface area contributed by atoms with Crippen LogP contribution in [0, 0.1) is 0 Å². The van der Waals surface area contributed by atoms with E-state index in [0.29, 0.717) is 0 Å². The molecule has 0 amide bonds. The minimum atomic E-state index is 0.0784. The van der Waals surface area contributed by atoms with Crippen LogP contribution in [0.1, 0.15) is 15.2 Å². The second kappa shape index (κ2) is 6.68. The van der Waals surface area contributed by atoms with Crippen LogP contribution >= 0.6 is 11.3 Å². The maximum absolute atomic E-state index is 13.3. The Morgan fingerprint density at radius 2 is 1.40 bits per heavy atom. The van der Waals surface area contributed by atoms with Crippen molar-refractivity contribution in [3.8, 4) is 5.69 Å². The maximum Gasteiger partial charge on any atom is 0.203 e. The van der Waals surface area contributed by atoms with Crippen molar-refractivity contribution in [3.05, 3.63) is 114 Å². The van der Waals surface area contributed by atoms with Crippen LogP contribution in [-0.2, 0) is 0 Å². The molecule has 142 valence electrons. The van der Waals surface area contributed by atoms with Crippen LogP contribution in [0.2, 0.25) is 0 Å². The summed E-state index contributed by atoms with van der Waals surface area (Å²) in [7, 11) is 0. The van der Waals surface area contributed by atoms with Gasteiger partial charge in [-0.05, 0) is 53.9 Å². The Morgan fingerprint density at radius 1 is 0.667 bits per heavy atom. The van der Waals surface area contributed by atoms with E-state index in [2.05, 4.69) is 71.3 Å². The summed E-state index contributed by atoms with van der Waals surface area (Å²) in [6.45, 7) is 0. The summed E-state index contributed by atoms with van der Waals surface area (Å²) in [5.74, 6) is 0.0784. The summed E-state index contributed by atoms with van der Waals surface area (Å²) in [6.07, 6.45) is 0. The summed E-state index contributed by atoms with van der Waals surface area (Å²) in [5, 5.41) is 3.37. The highest BCUT2D eigenvalue weighted by atomic mass is 32.1. The summed E-state index contributed by atoms with van der Waals surface area (Å²) >= 11 is 1.56. The molecular weight excluding hydrogens is 386 g/mol. The third-order valence-electron chi connectivity index (χ3n) is 5.60. The molecule has 0 N–H and O–H groups in total. The molecule has 30 heavy (non-hydrogen) atoms. The van der Waals surface area contributed by atoms with Crippen LogP contribution in [0.25, 0.3) is 37.6 Å². The van der Waals surface area contributed by atoms with Crippen LogP contribution in [0.4, 0.5) is 0 Å². The Kier molecular flexibility index (Phi) is 3.83. The van der Waals surface area contributed by atoms with E-state index in [1.165, 1.54) is 0 Å². The van der Waals surface area contributed by atoms with Crippen molar-refractivity contribution in [3.63, 3.8) is 0 Å². The van der Waals surface area contributed by atoms with Gasteiger partial charge in [0.15, 0.2) is 0 Å². The molecule has 6 aromatic rings. The van der Waals surface area contributed by atoms with Gasteiger partial charge in [0.25, 0.3) is 0 Å². The SMILES string of the molecule is O=C(c1ccc2c(c1)c1ccccc1n2-c1ccccc1)c1cc2ccccc2s1. The zero-order chi connectivity index (χ0) is 20.1. The predicted octanol–water partition coefficient (Wildman–Crippen LogP) is 7.23. The highest BCUT2D eigenvalue weighted by Gasteiger charge is 2.17. The van der Waals surface area contributed by atoms with Crippen LogP contribution < -0.4 is 0 Å². The molecule has 0 fully saturated rings. The van der Waals surface area contributed by atoms with Gasteiger partial charge < -0.3 is 4.57 Å². The molecular formula is C27H17NOS. The van der Waals surface area contributed by atoms with Crippen LogP contribution in [-0.4, -0.2) is 10.4 Å². The lowest BCUT2D eigenvalue weighted by molar-refractivity contribution is 0.104. The smallest absolute Gasteiger partial charge is 0.203 e. The number of hydrogen-bond acceptors (Lipinski definition) is 2. The van der Waals surface area contributed by atoms with E-state index in [1.807, 2.05) is 36.4 Å². The standard InChI is InChI=1S/C27H17NOS/c29-27(26-17-18-8-4-7-13-25(18)30-26)19-14-15-24-22(16-19)21-11-5-6-12-23(21)28(24)20-9-2-1-3-10-20/h1-17H. The fourth-order valence-electron chi connectivity index (χ4n) is 4.21. The highest BCUT2D eigenvalue weighted by molar-refractivity contribution is 7.21. The monoisotopic (exact) mass is 403 g/mol. The number of ketones is 1. The first-order chi connectivity index (χ1) is 14.8. The number of rotatable bonds is 3. The molecule has 0 aliphatic carbocycles. The molecule has 2 aromatic heterocycles. The average Bonchev–Trinajstić information content (AvgIpc) is 3.38. The number of para-hydroxylation sites is 2. The molecule has 4 aromatic carbocycles. The molecule has 0 saturated heterocycles. The molecule has 0 spiro atoms. The summed E-state index contributed by atoms with van der Waals surface area (Å²) < 4.78 is 3.40. The van der Waals surface area contributed by atoms with E-state index < -0.39 is 0 Å². The van der Waals surface area contributed by atoms with Crippen molar-refractivity contribution in [2.75, 3.05) is 0 Å². The summed E-state index contributed by atoms with van der Waals surface area (Å²) in [5.41, 5.74) is 4.10. The van der Waals surface area contributed by atoms with Gasteiger partial charge in [-0.25, -0.2) is 0 Å². The number of fused-ring (bicyclic) bond motifs is 4. The molecule has 0 radical (unpaired) electrons. The molecule has 3 heteroatoms. The first-order valence-electron chi connectivity index (χ1n) is 9.91. The Labute approximate surface area is 177 Å². The Balaban J connectivity index is 1.56. The molecule has 2 heterocycles. The normalized spacial score (nSPS) is 11.5. The summed E-state index contributed by atoms with van der Waals surface area (Å²) in [4.78, 5) is 14.1. The number of thiophene rings is 1. The van der Waals surface area contributed by atoms with Crippen LogP contribution in [0.15, 0.2) is 103 Å². The van der Waals surface area contributed by atoms with E-state index in [1.54, 1.807) is 11.3 Å². The first kappa shape index (κ1) is 17.2. The molecule has 2 nitrogen and oxygen atoms in total. The third kappa shape index (κ3) is 2.60. The fourth-order valence-corrected chi connectivity index (χ4v) is 5.23. The molecule has 0 saturated carbocycles. The molecule has 0 unspecified atom stereocenters. The third-order valence-corrected chi connectivity index (χ3v) is 6.71. The van der Waals surface area contributed by atoms with Crippen molar-refractivity contribution >= 4 is 49.0 Å².